The van der Waals surface area contributed by atoms with Gasteiger partial charge in [-0.05, 0) is 24.6 Å². The molecule has 88 valence electrons. The fourth-order valence-electron chi connectivity index (χ4n) is 1.71. The van der Waals surface area contributed by atoms with E-state index in [4.69, 9.17) is 17.3 Å². The number of rotatable bonds is 2. The standard InChI is InChI=1S/C14H13ClFN/c1-9-2-4-10(5-3-9)14(17)12-7-6-11(15)8-13(12)16/h2-8,14H,17H2,1H3. The summed E-state index contributed by atoms with van der Waals surface area (Å²) in [4.78, 5) is 0. The molecule has 0 aliphatic carbocycles. The average Bonchev–Trinajstić information content (AvgIpc) is 2.29. The first kappa shape index (κ1) is 12.1. The summed E-state index contributed by atoms with van der Waals surface area (Å²) in [5.41, 5.74) is 8.53. The summed E-state index contributed by atoms with van der Waals surface area (Å²) < 4.78 is 13.7. The van der Waals surface area contributed by atoms with Gasteiger partial charge in [0.25, 0.3) is 0 Å². The smallest absolute Gasteiger partial charge is 0.129 e. The highest BCUT2D eigenvalue weighted by molar-refractivity contribution is 6.30. The molecule has 1 nitrogen and oxygen atoms in total. The molecule has 0 fully saturated rings. The Morgan fingerprint density at radius 3 is 2.35 bits per heavy atom. The largest absolute Gasteiger partial charge is 0.320 e. The predicted molar refractivity (Wildman–Crippen MR) is 68.6 cm³/mol. The highest BCUT2D eigenvalue weighted by Gasteiger charge is 2.13. The van der Waals surface area contributed by atoms with Gasteiger partial charge in [0, 0.05) is 10.6 Å². The first-order valence-electron chi connectivity index (χ1n) is 5.35. The van der Waals surface area contributed by atoms with Crippen molar-refractivity contribution in [2.45, 2.75) is 13.0 Å². The molecule has 3 heteroatoms. The van der Waals surface area contributed by atoms with Crippen LogP contribution in [0, 0.1) is 12.7 Å². The van der Waals surface area contributed by atoms with Crippen LogP contribution < -0.4 is 5.73 Å². The molecule has 0 saturated carbocycles. The molecule has 2 rings (SSSR count). The van der Waals surface area contributed by atoms with Crippen molar-refractivity contribution in [1.29, 1.82) is 0 Å². The van der Waals surface area contributed by atoms with Gasteiger partial charge in [-0.15, -0.1) is 0 Å². The molecule has 0 aliphatic rings. The van der Waals surface area contributed by atoms with E-state index < -0.39 is 6.04 Å². The molecule has 2 N–H and O–H groups in total. The second kappa shape index (κ2) is 4.86. The Morgan fingerprint density at radius 1 is 1.12 bits per heavy atom. The summed E-state index contributed by atoms with van der Waals surface area (Å²) in [6.45, 7) is 2.00. The minimum atomic E-state index is -0.465. The van der Waals surface area contributed by atoms with Gasteiger partial charge in [-0.3, -0.25) is 0 Å². The van der Waals surface area contributed by atoms with E-state index in [1.54, 1.807) is 12.1 Å². The average molecular weight is 250 g/mol. The van der Waals surface area contributed by atoms with Crippen molar-refractivity contribution in [3.8, 4) is 0 Å². The van der Waals surface area contributed by atoms with Crippen LogP contribution in [0.25, 0.3) is 0 Å². The number of hydrogen-bond acceptors (Lipinski definition) is 1. The SMILES string of the molecule is Cc1ccc(C(N)c2ccc(Cl)cc2F)cc1. The lowest BCUT2D eigenvalue weighted by Gasteiger charge is -2.13. The van der Waals surface area contributed by atoms with E-state index in [1.807, 2.05) is 31.2 Å². The first-order chi connectivity index (χ1) is 8.08. The number of nitrogens with two attached hydrogens (primary N) is 1. The van der Waals surface area contributed by atoms with Crippen LogP contribution in [0.15, 0.2) is 42.5 Å². The van der Waals surface area contributed by atoms with Crippen molar-refractivity contribution in [2.24, 2.45) is 5.73 Å². The van der Waals surface area contributed by atoms with Gasteiger partial charge in [0.05, 0.1) is 6.04 Å². The zero-order valence-electron chi connectivity index (χ0n) is 9.45. The molecule has 0 heterocycles. The highest BCUT2D eigenvalue weighted by atomic mass is 35.5. The Hall–Kier alpha value is -1.38. The van der Waals surface area contributed by atoms with E-state index in [0.29, 0.717) is 10.6 Å². The summed E-state index contributed by atoms with van der Waals surface area (Å²) in [6.07, 6.45) is 0. The van der Waals surface area contributed by atoms with Crippen molar-refractivity contribution in [3.63, 3.8) is 0 Å². The van der Waals surface area contributed by atoms with E-state index in [9.17, 15) is 4.39 Å². The molecule has 0 aromatic heterocycles. The van der Waals surface area contributed by atoms with Gasteiger partial charge in [0.1, 0.15) is 5.82 Å². The molecule has 0 radical (unpaired) electrons. The summed E-state index contributed by atoms with van der Waals surface area (Å²) in [5, 5.41) is 0.377. The molecular formula is C14H13ClFN. The molecule has 2 aromatic carbocycles. The first-order valence-corrected chi connectivity index (χ1v) is 5.73. The van der Waals surface area contributed by atoms with Gasteiger partial charge >= 0.3 is 0 Å². The third-order valence-electron chi connectivity index (χ3n) is 2.73. The van der Waals surface area contributed by atoms with Crippen molar-refractivity contribution in [2.75, 3.05) is 0 Å². The quantitative estimate of drug-likeness (QED) is 0.860. The molecule has 0 spiro atoms. The van der Waals surface area contributed by atoms with Gasteiger partial charge in [0.15, 0.2) is 0 Å². The number of halogens is 2. The summed E-state index contributed by atoms with van der Waals surface area (Å²) >= 11 is 5.71. The van der Waals surface area contributed by atoms with E-state index in [0.717, 1.165) is 11.1 Å². The lowest BCUT2D eigenvalue weighted by atomic mass is 9.98. The molecular weight excluding hydrogens is 237 g/mol. The molecule has 0 aliphatic heterocycles. The Balaban J connectivity index is 2.36. The lowest BCUT2D eigenvalue weighted by Crippen LogP contribution is -2.13. The molecule has 0 amide bonds. The molecule has 1 unspecified atom stereocenters. The van der Waals surface area contributed by atoms with Crippen LogP contribution in [-0.4, -0.2) is 0 Å². The fourth-order valence-corrected chi connectivity index (χ4v) is 1.87. The summed E-state index contributed by atoms with van der Waals surface area (Å²) in [7, 11) is 0. The van der Waals surface area contributed by atoms with Crippen LogP contribution in [0.4, 0.5) is 4.39 Å². The molecule has 17 heavy (non-hydrogen) atoms. The van der Waals surface area contributed by atoms with Gasteiger partial charge in [-0.1, -0.05) is 47.5 Å². The maximum absolute atomic E-state index is 13.7. The van der Waals surface area contributed by atoms with Gasteiger partial charge < -0.3 is 5.73 Å². The third-order valence-corrected chi connectivity index (χ3v) is 2.97. The van der Waals surface area contributed by atoms with E-state index in [1.165, 1.54) is 6.07 Å². The van der Waals surface area contributed by atoms with Crippen LogP contribution >= 0.6 is 11.6 Å². The van der Waals surface area contributed by atoms with Crippen LogP contribution in [0.2, 0.25) is 5.02 Å². The normalized spacial score (nSPS) is 12.5. The second-order valence-electron chi connectivity index (χ2n) is 4.05. The Morgan fingerprint density at radius 2 is 1.76 bits per heavy atom. The lowest BCUT2D eigenvalue weighted by molar-refractivity contribution is 0.600. The maximum atomic E-state index is 13.7. The predicted octanol–water partition coefficient (Wildman–Crippen LogP) is 3.84. The maximum Gasteiger partial charge on any atom is 0.129 e. The van der Waals surface area contributed by atoms with Gasteiger partial charge in [-0.25, -0.2) is 4.39 Å². The van der Waals surface area contributed by atoms with Crippen molar-refractivity contribution < 1.29 is 4.39 Å². The number of hydrogen-bond donors (Lipinski definition) is 1. The van der Waals surface area contributed by atoms with E-state index in [-0.39, 0.29) is 5.82 Å². The number of aryl methyl sites for hydroxylation is 1. The Labute approximate surface area is 105 Å². The molecule has 2 aromatic rings. The second-order valence-corrected chi connectivity index (χ2v) is 4.49. The van der Waals surface area contributed by atoms with Crippen molar-refractivity contribution in [3.05, 3.63) is 70.0 Å². The minimum absolute atomic E-state index is 0.370. The van der Waals surface area contributed by atoms with Crippen molar-refractivity contribution >= 4 is 11.6 Å². The van der Waals surface area contributed by atoms with E-state index >= 15 is 0 Å². The fraction of sp³-hybridized carbons (Fsp3) is 0.143. The highest BCUT2D eigenvalue weighted by Crippen LogP contribution is 2.24. The summed E-state index contributed by atoms with van der Waals surface area (Å²) in [6, 6.07) is 11.8. The van der Waals surface area contributed by atoms with Crippen LogP contribution in [0.3, 0.4) is 0 Å². The van der Waals surface area contributed by atoms with Crippen molar-refractivity contribution in [1.82, 2.24) is 0 Å². The molecule has 0 bridgehead atoms. The minimum Gasteiger partial charge on any atom is -0.320 e. The van der Waals surface area contributed by atoms with Gasteiger partial charge in [-0.2, -0.15) is 0 Å². The van der Waals surface area contributed by atoms with Gasteiger partial charge in [0.2, 0.25) is 0 Å². The zero-order chi connectivity index (χ0) is 12.4. The molecule has 1 atom stereocenters. The monoisotopic (exact) mass is 249 g/mol. The van der Waals surface area contributed by atoms with E-state index in [2.05, 4.69) is 0 Å². The van der Waals surface area contributed by atoms with Crippen LogP contribution in [0.1, 0.15) is 22.7 Å². The third kappa shape index (κ3) is 2.65. The molecule has 0 saturated heterocycles. The van der Waals surface area contributed by atoms with Crippen LogP contribution in [-0.2, 0) is 0 Å². The number of benzene rings is 2. The Bertz CT molecular complexity index is 522. The Kier molecular flexibility index (Phi) is 3.46. The van der Waals surface area contributed by atoms with Crippen LogP contribution in [0.5, 0.6) is 0 Å². The topological polar surface area (TPSA) is 26.0 Å². The summed E-state index contributed by atoms with van der Waals surface area (Å²) in [5.74, 6) is -0.370. The zero-order valence-corrected chi connectivity index (χ0v) is 10.2.